The number of ether oxygens (including phenoxy) is 3. The number of aliphatic imine (C=N–C) groups is 1. The minimum Gasteiger partial charge on any atom is -0.493 e. The van der Waals surface area contributed by atoms with Crippen LogP contribution in [0.4, 0.5) is 5.69 Å². The number of methoxy groups -OCH3 is 2. The normalized spacial score (nSPS) is 11.0. The number of nitrogens with zero attached hydrogens (tertiary/aromatic N) is 1. The fraction of sp³-hybridized carbons (Fsp3) is 0.235. The zero-order valence-corrected chi connectivity index (χ0v) is 14.3. The van der Waals surface area contributed by atoms with Crippen LogP contribution in [0.1, 0.15) is 0 Å². The maximum absolute atomic E-state index is 5.89. The van der Waals surface area contributed by atoms with Crippen LogP contribution in [0, 0.1) is 0 Å². The molecule has 3 N–H and O–H groups in total. The summed E-state index contributed by atoms with van der Waals surface area (Å²) in [5.74, 6) is 2.24. The lowest BCUT2D eigenvalue weighted by Gasteiger charge is -2.11. The van der Waals surface area contributed by atoms with Crippen molar-refractivity contribution in [1.82, 2.24) is 0 Å². The Bertz CT molecular complexity index is 707. The van der Waals surface area contributed by atoms with Crippen LogP contribution in [0.25, 0.3) is 0 Å². The Labute approximate surface area is 146 Å². The highest BCUT2D eigenvalue weighted by atomic mass is 35.5. The molecule has 0 heterocycles. The van der Waals surface area contributed by atoms with Gasteiger partial charge in [0, 0.05) is 16.8 Å². The molecule has 2 rings (SSSR count). The highest BCUT2D eigenvalue weighted by Crippen LogP contribution is 2.29. The average molecular weight is 350 g/mol. The van der Waals surface area contributed by atoms with Crippen LogP contribution in [0.3, 0.4) is 0 Å². The first-order chi connectivity index (χ1) is 11.6. The number of guanidine groups is 1. The van der Waals surface area contributed by atoms with E-state index in [0.717, 1.165) is 5.69 Å². The lowest BCUT2D eigenvalue weighted by Crippen LogP contribution is -2.23. The molecule has 0 unspecified atom stereocenters. The molecule has 0 fully saturated rings. The molecule has 0 radical (unpaired) electrons. The molecule has 0 aromatic heterocycles. The summed E-state index contributed by atoms with van der Waals surface area (Å²) < 4.78 is 16.0. The number of anilines is 1. The maximum atomic E-state index is 5.89. The quantitative estimate of drug-likeness (QED) is 0.456. The van der Waals surface area contributed by atoms with E-state index < -0.39 is 0 Å². The van der Waals surface area contributed by atoms with Gasteiger partial charge in [0.25, 0.3) is 0 Å². The molecule has 0 spiro atoms. The van der Waals surface area contributed by atoms with Gasteiger partial charge in [-0.15, -0.1) is 0 Å². The van der Waals surface area contributed by atoms with Crippen molar-refractivity contribution in [2.45, 2.75) is 0 Å². The lowest BCUT2D eigenvalue weighted by molar-refractivity contribution is 0.329. The number of halogens is 1. The van der Waals surface area contributed by atoms with Gasteiger partial charge in [0.05, 0.1) is 20.8 Å². The Hall–Kier alpha value is -2.60. The molecule has 0 saturated heterocycles. The number of nitrogens with two attached hydrogens (primary N) is 1. The third-order valence-corrected chi connectivity index (χ3v) is 3.33. The van der Waals surface area contributed by atoms with E-state index in [0.29, 0.717) is 35.4 Å². The Morgan fingerprint density at radius 2 is 1.92 bits per heavy atom. The van der Waals surface area contributed by atoms with Crippen LogP contribution in [0.2, 0.25) is 5.02 Å². The molecule has 2 aromatic carbocycles. The van der Waals surface area contributed by atoms with Crippen molar-refractivity contribution in [3.8, 4) is 17.2 Å². The van der Waals surface area contributed by atoms with Crippen molar-refractivity contribution in [2.75, 3.05) is 32.7 Å². The van der Waals surface area contributed by atoms with Crippen LogP contribution < -0.4 is 25.3 Å². The molecule has 0 atom stereocenters. The van der Waals surface area contributed by atoms with Crippen LogP contribution in [0.15, 0.2) is 47.5 Å². The van der Waals surface area contributed by atoms with Crippen molar-refractivity contribution >= 4 is 23.2 Å². The van der Waals surface area contributed by atoms with E-state index in [-0.39, 0.29) is 5.96 Å². The molecule has 24 heavy (non-hydrogen) atoms. The van der Waals surface area contributed by atoms with Gasteiger partial charge in [-0.3, -0.25) is 0 Å². The van der Waals surface area contributed by atoms with E-state index in [9.17, 15) is 0 Å². The van der Waals surface area contributed by atoms with Gasteiger partial charge in [-0.1, -0.05) is 17.7 Å². The molecule has 0 aliphatic rings. The van der Waals surface area contributed by atoms with Crippen molar-refractivity contribution < 1.29 is 14.2 Å². The van der Waals surface area contributed by atoms with Gasteiger partial charge in [0.2, 0.25) is 0 Å². The molecule has 6 nitrogen and oxygen atoms in total. The molecule has 0 bridgehead atoms. The summed E-state index contributed by atoms with van der Waals surface area (Å²) in [7, 11) is 3.16. The van der Waals surface area contributed by atoms with Crippen molar-refractivity contribution in [2.24, 2.45) is 10.7 Å². The van der Waals surface area contributed by atoms with Crippen LogP contribution in [-0.2, 0) is 0 Å². The number of nitrogens with one attached hydrogen (secondary N) is 1. The van der Waals surface area contributed by atoms with Gasteiger partial charge in [-0.25, -0.2) is 4.99 Å². The largest absolute Gasteiger partial charge is 0.493 e. The van der Waals surface area contributed by atoms with Gasteiger partial charge in [0.1, 0.15) is 12.4 Å². The first-order valence-electron chi connectivity index (χ1n) is 7.29. The number of hydrogen-bond donors (Lipinski definition) is 2. The maximum Gasteiger partial charge on any atom is 0.193 e. The Balaban J connectivity index is 1.85. The number of rotatable bonds is 7. The summed E-state index contributed by atoms with van der Waals surface area (Å²) in [4.78, 5) is 4.21. The highest BCUT2D eigenvalue weighted by Gasteiger charge is 2.05. The van der Waals surface area contributed by atoms with Gasteiger partial charge >= 0.3 is 0 Å². The van der Waals surface area contributed by atoms with Crippen molar-refractivity contribution in [3.05, 3.63) is 47.5 Å². The van der Waals surface area contributed by atoms with E-state index in [1.165, 1.54) is 0 Å². The van der Waals surface area contributed by atoms with Crippen molar-refractivity contribution in [3.63, 3.8) is 0 Å². The van der Waals surface area contributed by atoms with Gasteiger partial charge in [-0.2, -0.15) is 0 Å². The van der Waals surface area contributed by atoms with E-state index in [1.54, 1.807) is 38.5 Å². The standard InChI is InChI=1S/C17H20ClN3O3/c1-22-15-7-6-13(11-16(15)23-2)21-17(19)20-8-9-24-14-5-3-4-12(18)10-14/h3-7,10-11H,8-9H2,1-2H3,(H3,19,20,21). The summed E-state index contributed by atoms with van der Waals surface area (Å²) >= 11 is 5.89. The van der Waals surface area contributed by atoms with Crippen molar-refractivity contribution in [1.29, 1.82) is 0 Å². The van der Waals surface area contributed by atoms with Crippen LogP contribution in [0.5, 0.6) is 17.2 Å². The molecule has 2 aromatic rings. The second-order valence-corrected chi connectivity index (χ2v) is 5.20. The Morgan fingerprint density at radius 3 is 2.62 bits per heavy atom. The summed E-state index contributed by atoms with van der Waals surface area (Å²) in [5.41, 5.74) is 6.62. The summed E-state index contributed by atoms with van der Waals surface area (Å²) in [6.07, 6.45) is 0. The second kappa shape index (κ2) is 8.88. The Morgan fingerprint density at radius 1 is 1.12 bits per heavy atom. The predicted molar refractivity (Wildman–Crippen MR) is 96.6 cm³/mol. The first kappa shape index (κ1) is 17.7. The Kier molecular flexibility index (Phi) is 6.57. The average Bonchev–Trinajstić information content (AvgIpc) is 2.58. The molecule has 0 aliphatic carbocycles. The van der Waals surface area contributed by atoms with Gasteiger partial charge < -0.3 is 25.3 Å². The molecule has 128 valence electrons. The fourth-order valence-electron chi connectivity index (χ4n) is 1.99. The van der Waals surface area contributed by atoms with Crippen LogP contribution >= 0.6 is 11.6 Å². The van der Waals surface area contributed by atoms with E-state index in [1.807, 2.05) is 18.2 Å². The predicted octanol–water partition coefficient (Wildman–Crippen LogP) is 3.16. The number of hydrogen-bond acceptors (Lipinski definition) is 4. The van der Waals surface area contributed by atoms with E-state index in [4.69, 9.17) is 31.5 Å². The topological polar surface area (TPSA) is 78.1 Å². The summed E-state index contributed by atoms with van der Waals surface area (Å²) in [6.45, 7) is 0.813. The second-order valence-electron chi connectivity index (χ2n) is 4.77. The molecular weight excluding hydrogens is 330 g/mol. The SMILES string of the molecule is COc1ccc(NC(N)=NCCOc2cccc(Cl)c2)cc1OC. The molecule has 7 heteroatoms. The van der Waals surface area contributed by atoms with Crippen LogP contribution in [-0.4, -0.2) is 33.3 Å². The lowest BCUT2D eigenvalue weighted by atomic mass is 10.3. The third kappa shape index (κ3) is 5.24. The summed E-state index contributed by atoms with van der Waals surface area (Å²) in [5, 5.41) is 3.62. The smallest absolute Gasteiger partial charge is 0.193 e. The molecule has 0 aliphatic heterocycles. The zero-order chi connectivity index (χ0) is 17.4. The van der Waals surface area contributed by atoms with Gasteiger partial charge in [-0.05, 0) is 30.3 Å². The third-order valence-electron chi connectivity index (χ3n) is 3.09. The molecular formula is C17H20ClN3O3. The van der Waals surface area contributed by atoms with E-state index in [2.05, 4.69) is 10.3 Å². The first-order valence-corrected chi connectivity index (χ1v) is 7.67. The summed E-state index contributed by atoms with van der Waals surface area (Å²) in [6, 6.07) is 12.6. The zero-order valence-electron chi connectivity index (χ0n) is 13.6. The molecule has 0 amide bonds. The minimum atomic E-state index is 0.289. The van der Waals surface area contributed by atoms with Gasteiger partial charge in [0.15, 0.2) is 17.5 Å². The monoisotopic (exact) mass is 349 g/mol. The fourth-order valence-corrected chi connectivity index (χ4v) is 2.17. The molecule has 0 saturated carbocycles. The highest BCUT2D eigenvalue weighted by molar-refractivity contribution is 6.30. The minimum absolute atomic E-state index is 0.289. The number of benzene rings is 2. The van der Waals surface area contributed by atoms with E-state index >= 15 is 0 Å².